The molecule has 2 aromatic rings. The number of fused-ring (bicyclic) bond motifs is 3. The van der Waals surface area contributed by atoms with E-state index in [0.717, 1.165) is 41.8 Å². The fourth-order valence-electron chi connectivity index (χ4n) is 4.67. The van der Waals surface area contributed by atoms with Crippen molar-refractivity contribution in [3.8, 4) is 5.75 Å². The molecule has 0 bridgehead atoms. The number of allylic oxidation sites excluding steroid dienone is 2. The molecule has 1 fully saturated rings. The third-order valence-corrected chi connectivity index (χ3v) is 6.57. The highest BCUT2D eigenvalue weighted by atomic mass is 79.9. The lowest BCUT2D eigenvalue weighted by molar-refractivity contribution is 0.0681. The quantitative estimate of drug-likeness (QED) is 0.624. The molecule has 0 aromatic heterocycles. The Bertz CT molecular complexity index is 842. The molecule has 3 aliphatic rings. The Morgan fingerprint density at radius 3 is 2.85 bits per heavy atom. The summed E-state index contributed by atoms with van der Waals surface area (Å²) in [5.41, 5.74) is 3.83. The molecule has 0 radical (unpaired) electrons. The first-order chi connectivity index (χ1) is 13.3. The zero-order valence-corrected chi connectivity index (χ0v) is 16.8. The summed E-state index contributed by atoms with van der Waals surface area (Å²) in [6.45, 7) is 1.49. The summed E-state index contributed by atoms with van der Waals surface area (Å²) in [4.78, 5) is 0. The molecule has 27 heavy (non-hydrogen) atoms. The number of halogens is 1. The van der Waals surface area contributed by atoms with Gasteiger partial charge >= 0.3 is 0 Å². The van der Waals surface area contributed by atoms with Gasteiger partial charge in [-0.25, -0.2) is 0 Å². The van der Waals surface area contributed by atoms with Crippen LogP contribution in [-0.2, 0) is 4.74 Å². The first-order valence-electron chi connectivity index (χ1n) is 9.85. The molecule has 2 aliphatic heterocycles. The molecule has 4 unspecified atom stereocenters. The highest BCUT2D eigenvalue weighted by Crippen LogP contribution is 2.52. The topological polar surface area (TPSA) is 30.5 Å². The molecule has 2 aromatic carbocycles. The molecule has 1 N–H and O–H groups in total. The van der Waals surface area contributed by atoms with Crippen molar-refractivity contribution in [2.24, 2.45) is 5.92 Å². The number of benzene rings is 2. The predicted molar refractivity (Wildman–Crippen MR) is 111 cm³/mol. The third-order valence-electron chi connectivity index (χ3n) is 6.04. The van der Waals surface area contributed by atoms with Crippen molar-refractivity contribution >= 4 is 21.6 Å². The van der Waals surface area contributed by atoms with Gasteiger partial charge in [-0.2, -0.15) is 0 Å². The molecule has 0 spiro atoms. The molecule has 0 saturated carbocycles. The van der Waals surface area contributed by atoms with Crippen molar-refractivity contribution in [1.82, 2.24) is 0 Å². The molecule has 140 valence electrons. The average molecular weight is 426 g/mol. The maximum Gasteiger partial charge on any atom is 0.142 e. The lowest BCUT2D eigenvalue weighted by Crippen LogP contribution is -2.29. The van der Waals surface area contributed by atoms with Gasteiger partial charge in [0.1, 0.15) is 12.4 Å². The summed E-state index contributed by atoms with van der Waals surface area (Å²) >= 11 is 3.55. The number of hydrogen-bond acceptors (Lipinski definition) is 3. The molecule has 1 saturated heterocycles. The highest BCUT2D eigenvalue weighted by Gasteiger charge is 2.39. The molecular weight excluding hydrogens is 402 g/mol. The largest absolute Gasteiger partial charge is 0.489 e. The van der Waals surface area contributed by atoms with Crippen LogP contribution in [0.3, 0.4) is 0 Å². The second kappa shape index (κ2) is 7.33. The normalized spacial score (nSPS) is 28.5. The lowest BCUT2D eigenvalue weighted by Gasteiger charge is -2.38. The third kappa shape index (κ3) is 3.30. The van der Waals surface area contributed by atoms with Crippen molar-refractivity contribution in [2.75, 3.05) is 18.5 Å². The van der Waals surface area contributed by atoms with E-state index in [-0.39, 0.29) is 12.1 Å². The van der Waals surface area contributed by atoms with Crippen LogP contribution in [-0.4, -0.2) is 19.3 Å². The van der Waals surface area contributed by atoms with Gasteiger partial charge in [0.15, 0.2) is 0 Å². The number of anilines is 1. The summed E-state index contributed by atoms with van der Waals surface area (Å²) in [7, 11) is 0. The van der Waals surface area contributed by atoms with Crippen LogP contribution in [0.25, 0.3) is 0 Å². The van der Waals surface area contributed by atoms with Gasteiger partial charge in [-0.3, -0.25) is 0 Å². The van der Waals surface area contributed by atoms with Crippen molar-refractivity contribution in [3.05, 3.63) is 70.2 Å². The van der Waals surface area contributed by atoms with E-state index in [9.17, 15) is 0 Å². The van der Waals surface area contributed by atoms with Gasteiger partial charge in [-0.1, -0.05) is 52.3 Å². The fourth-order valence-corrected chi connectivity index (χ4v) is 4.94. The van der Waals surface area contributed by atoms with E-state index in [0.29, 0.717) is 18.4 Å². The molecule has 1 aliphatic carbocycles. The summed E-state index contributed by atoms with van der Waals surface area (Å²) < 4.78 is 13.1. The van der Waals surface area contributed by atoms with Gasteiger partial charge in [-0.05, 0) is 54.5 Å². The average Bonchev–Trinajstić information content (AvgIpc) is 3.38. The van der Waals surface area contributed by atoms with Crippen molar-refractivity contribution in [1.29, 1.82) is 0 Å². The minimum atomic E-state index is 0.228. The molecule has 4 heteroatoms. The van der Waals surface area contributed by atoms with Crippen molar-refractivity contribution in [2.45, 2.75) is 37.3 Å². The minimum Gasteiger partial charge on any atom is -0.489 e. The Morgan fingerprint density at radius 1 is 1.15 bits per heavy atom. The zero-order chi connectivity index (χ0) is 18.2. The van der Waals surface area contributed by atoms with E-state index < -0.39 is 0 Å². The first kappa shape index (κ1) is 17.3. The van der Waals surface area contributed by atoms with Gasteiger partial charge in [0.05, 0.1) is 17.8 Å². The van der Waals surface area contributed by atoms with Gasteiger partial charge in [0, 0.05) is 17.0 Å². The van der Waals surface area contributed by atoms with Gasteiger partial charge in [-0.15, -0.1) is 0 Å². The van der Waals surface area contributed by atoms with E-state index in [2.05, 4.69) is 75.9 Å². The second-order valence-electron chi connectivity index (χ2n) is 7.69. The smallest absolute Gasteiger partial charge is 0.142 e. The fraction of sp³-hybridized carbons (Fsp3) is 0.391. The van der Waals surface area contributed by atoms with Crippen molar-refractivity contribution < 1.29 is 9.47 Å². The Balaban J connectivity index is 1.46. The second-order valence-corrected chi connectivity index (χ2v) is 8.61. The van der Waals surface area contributed by atoms with E-state index in [4.69, 9.17) is 9.47 Å². The van der Waals surface area contributed by atoms with Crippen LogP contribution < -0.4 is 10.1 Å². The first-order valence-corrected chi connectivity index (χ1v) is 10.6. The predicted octanol–water partition coefficient (Wildman–Crippen LogP) is 5.83. The van der Waals surface area contributed by atoms with Crippen molar-refractivity contribution in [3.63, 3.8) is 0 Å². The van der Waals surface area contributed by atoms with Crippen LogP contribution in [0.15, 0.2) is 59.1 Å². The number of ether oxygens (including phenoxy) is 2. The van der Waals surface area contributed by atoms with Gasteiger partial charge in [0.2, 0.25) is 0 Å². The number of rotatable bonds is 4. The maximum absolute atomic E-state index is 6.22. The SMILES string of the molecule is Brc1ccc(C2Nc3c(OCC4CCCO4)cccc3C3C=CCC32)cc1. The van der Waals surface area contributed by atoms with Crippen LogP contribution in [0, 0.1) is 5.92 Å². The lowest BCUT2D eigenvalue weighted by atomic mass is 9.77. The van der Waals surface area contributed by atoms with E-state index in [1.807, 2.05) is 0 Å². The monoisotopic (exact) mass is 425 g/mol. The van der Waals surface area contributed by atoms with Crippen LogP contribution in [0.4, 0.5) is 5.69 Å². The number of hydrogen-bond donors (Lipinski definition) is 1. The molecule has 3 nitrogen and oxygen atoms in total. The standard InChI is InChI=1S/C23H24BrNO2/c24-16-11-9-15(10-12-16)22-19-6-1-5-18(19)20-7-2-8-21(23(20)25-22)27-14-17-4-3-13-26-17/h1-2,5,7-12,17-19,22,25H,3-4,6,13-14H2. The van der Waals surface area contributed by atoms with Crippen LogP contribution >= 0.6 is 15.9 Å². The minimum absolute atomic E-state index is 0.228. The number of nitrogens with one attached hydrogen (secondary N) is 1. The van der Waals surface area contributed by atoms with Crippen LogP contribution in [0.1, 0.15) is 42.3 Å². The Morgan fingerprint density at radius 2 is 2.04 bits per heavy atom. The van der Waals surface area contributed by atoms with E-state index in [1.165, 1.54) is 11.1 Å². The van der Waals surface area contributed by atoms with Gasteiger partial charge in [0.25, 0.3) is 0 Å². The molecule has 4 atom stereocenters. The summed E-state index contributed by atoms with van der Waals surface area (Å²) in [5, 5.41) is 3.83. The molecular formula is C23H24BrNO2. The maximum atomic E-state index is 6.22. The summed E-state index contributed by atoms with van der Waals surface area (Å²) in [5.74, 6) is 1.94. The summed E-state index contributed by atoms with van der Waals surface area (Å²) in [6, 6.07) is 15.4. The number of para-hydroxylation sites is 1. The Kier molecular flexibility index (Phi) is 4.70. The van der Waals surface area contributed by atoms with Crippen LogP contribution in [0.2, 0.25) is 0 Å². The zero-order valence-electron chi connectivity index (χ0n) is 15.2. The van der Waals surface area contributed by atoms with E-state index in [1.54, 1.807) is 0 Å². The van der Waals surface area contributed by atoms with Crippen LogP contribution in [0.5, 0.6) is 5.75 Å². The van der Waals surface area contributed by atoms with E-state index >= 15 is 0 Å². The highest BCUT2D eigenvalue weighted by molar-refractivity contribution is 9.10. The van der Waals surface area contributed by atoms with Gasteiger partial charge < -0.3 is 14.8 Å². The summed E-state index contributed by atoms with van der Waals surface area (Å²) in [6.07, 6.45) is 8.28. The Labute approximate surface area is 168 Å². The Hall–Kier alpha value is -1.78. The molecule has 5 rings (SSSR count). The molecule has 0 amide bonds. The molecule has 2 heterocycles.